The molecule has 2 rings (SSSR count). The minimum Gasteiger partial charge on any atom is -0.475 e. The van der Waals surface area contributed by atoms with Gasteiger partial charge < -0.3 is 9.47 Å². The van der Waals surface area contributed by atoms with Crippen molar-refractivity contribution in [3.8, 4) is 5.75 Å². The van der Waals surface area contributed by atoms with Crippen LogP contribution in [0.3, 0.4) is 0 Å². The van der Waals surface area contributed by atoms with Crippen LogP contribution in [0.5, 0.6) is 5.75 Å². The first-order valence-electron chi connectivity index (χ1n) is 6.40. The number of esters is 1. The molecule has 0 aromatic heterocycles. The lowest BCUT2D eigenvalue weighted by Crippen LogP contribution is -2.13. The highest BCUT2D eigenvalue weighted by Crippen LogP contribution is 2.48. The summed E-state index contributed by atoms with van der Waals surface area (Å²) >= 11 is 0. The first-order chi connectivity index (χ1) is 9.43. The SMILES string of the molecule is COC(=O)COc1ccc(CC2(C)CC2)cc1[N+](=O)[O-]. The van der Waals surface area contributed by atoms with Crippen molar-refractivity contribution in [1.82, 2.24) is 0 Å². The van der Waals surface area contributed by atoms with Gasteiger partial charge in [0.2, 0.25) is 0 Å². The van der Waals surface area contributed by atoms with Crippen molar-refractivity contribution in [3.05, 3.63) is 33.9 Å². The maximum absolute atomic E-state index is 11.1. The lowest BCUT2D eigenvalue weighted by atomic mass is 9.98. The molecule has 0 amide bonds. The van der Waals surface area contributed by atoms with Crippen LogP contribution in [0.1, 0.15) is 25.3 Å². The largest absolute Gasteiger partial charge is 0.475 e. The van der Waals surface area contributed by atoms with E-state index in [9.17, 15) is 14.9 Å². The summed E-state index contributed by atoms with van der Waals surface area (Å²) in [6.07, 6.45) is 3.13. The second-order valence-corrected chi connectivity index (χ2v) is 5.41. The molecule has 0 spiro atoms. The molecule has 0 saturated heterocycles. The van der Waals surface area contributed by atoms with Gasteiger partial charge in [-0.25, -0.2) is 4.79 Å². The first-order valence-corrected chi connectivity index (χ1v) is 6.40. The lowest BCUT2D eigenvalue weighted by Gasteiger charge is -2.10. The van der Waals surface area contributed by atoms with E-state index in [4.69, 9.17) is 4.74 Å². The molecule has 1 aliphatic carbocycles. The van der Waals surface area contributed by atoms with Crippen LogP contribution in [0.2, 0.25) is 0 Å². The Labute approximate surface area is 116 Å². The lowest BCUT2D eigenvalue weighted by molar-refractivity contribution is -0.385. The normalized spacial score (nSPS) is 15.5. The Hall–Kier alpha value is -2.11. The van der Waals surface area contributed by atoms with Crippen molar-refractivity contribution < 1.29 is 19.2 Å². The van der Waals surface area contributed by atoms with Crippen LogP contribution in [0.25, 0.3) is 0 Å². The molecule has 6 heteroatoms. The third-order valence-electron chi connectivity index (χ3n) is 3.53. The summed E-state index contributed by atoms with van der Waals surface area (Å²) in [4.78, 5) is 21.6. The number of carbonyl (C=O) groups is 1. The second kappa shape index (κ2) is 5.48. The Morgan fingerprint density at radius 3 is 2.70 bits per heavy atom. The number of nitro groups is 1. The molecule has 0 unspecified atom stereocenters. The fourth-order valence-corrected chi connectivity index (χ4v) is 2.02. The molecular formula is C14H17NO5. The van der Waals surface area contributed by atoms with E-state index in [0.717, 1.165) is 24.8 Å². The van der Waals surface area contributed by atoms with E-state index in [-0.39, 0.29) is 23.5 Å². The Kier molecular flexibility index (Phi) is 3.92. The van der Waals surface area contributed by atoms with Gasteiger partial charge in [-0.2, -0.15) is 0 Å². The maximum Gasteiger partial charge on any atom is 0.343 e. The highest BCUT2D eigenvalue weighted by atomic mass is 16.6. The zero-order valence-corrected chi connectivity index (χ0v) is 11.5. The molecule has 0 atom stereocenters. The van der Waals surface area contributed by atoms with E-state index in [1.54, 1.807) is 6.07 Å². The molecule has 1 aromatic carbocycles. The number of ether oxygens (including phenoxy) is 2. The number of carbonyl (C=O) groups excluding carboxylic acids is 1. The van der Waals surface area contributed by atoms with Crippen LogP contribution in [-0.4, -0.2) is 24.6 Å². The van der Waals surface area contributed by atoms with E-state index >= 15 is 0 Å². The summed E-state index contributed by atoms with van der Waals surface area (Å²) in [5, 5.41) is 11.1. The van der Waals surface area contributed by atoms with Gasteiger partial charge >= 0.3 is 11.7 Å². The first kappa shape index (κ1) is 14.3. The molecule has 0 N–H and O–H groups in total. The summed E-state index contributed by atoms with van der Waals surface area (Å²) in [5.74, 6) is -0.487. The topological polar surface area (TPSA) is 78.7 Å². The smallest absolute Gasteiger partial charge is 0.343 e. The highest BCUT2D eigenvalue weighted by molar-refractivity contribution is 5.71. The monoisotopic (exact) mass is 279 g/mol. The minimum absolute atomic E-state index is 0.0881. The third kappa shape index (κ3) is 3.46. The number of nitro benzene ring substituents is 1. The van der Waals surface area contributed by atoms with Crippen LogP contribution in [0.4, 0.5) is 5.69 Å². The number of hydrogen-bond donors (Lipinski definition) is 0. The maximum atomic E-state index is 11.1. The Balaban J connectivity index is 2.15. The fourth-order valence-electron chi connectivity index (χ4n) is 2.02. The van der Waals surface area contributed by atoms with E-state index in [1.807, 2.05) is 6.07 Å². The summed E-state index contributed by atoms with van der Waals surface area (Å²) in [6, 6.07) is 4.88. The Morgan fingerprint density at radius 2 is 2.15 bits per heavy atom. The third-order valence-corrected chi connectivity index (χ3v) is 3.53. The molecule has 108 valence electrons. The zero-order chi connectivity index (χ0) is 14.8. The van der Waals surface area contributed by atoms with Crippen molar-refractivity contribution in [2.45, 2.75) is 26.2 Å². The molecule has 1 fully saturated rings. The number of hydrogen-bond acceptors (Lipinski definition) is 5. The molecule has 0 heterocycles. The zero-order valence-electron chi connectivity index (χ0n) is 11.5. The van der Waals surface area contributed by atoms with Gasteiger partial charge in [0.25, 0.3) is 0 Å². The van der Waals surface area contributed by atoms with Crippen LogP contribution in [-0.2, 0) is 16.0 Å². The predicted octanol–water partition coefficient (Wildman–Crippen LogP) is 2.49. The van der Waals surface area contributed by atoms with Crippen molar-refractivity contribution in [2.75, 3.05) is 13.7 Å². The van der Waals surface area contributed by atoms with Crippen LogP contribution >= 0.6 is 0 Å². The van der Waals surface area contributed by atoms with Crippen LogP contribution < -0.4 is 4.74 Å². The van der Waals surface area contributed by atoms with Gasteiger partial charge in [0, 0.05) is 6.07 Å². The van der Waals surface area contributed by atoms with Crippen molar-refractivity contribution in [1.29, 1.82) is 0 Å². The molecular weight excluding hydrogens is 262 g/mol. The average molecular weight is 279 g/mol. The van der Waals surface area contributed by atoms with Crippen molar-refractivity contribution in [3.63, 3.8) is 0 Å². The van der Waals surface area contributed by atoms with Crippen LogP contribution in [0.15, 0.2) is 18.2 Å². The molecule has 1 aromatic rings. The summed E-state index contributed by atoms with van der Waals surface area (Å²) in [7, 11) is 1.24. The summed E-state index contributed by atoms with van der Waals surface area (Å²) < 4.78 is 9.57. The number of rotatable bonds is 6. The molecule has 0 bridgehead atoms. The van der Waals surface area contributed by atoms with E-state index in [1.165, 1.54) is 13.2 Å². The number of nitrogens with zero attached hydrogens (tertiary/aromatic N) is 1. The fraction of sp³-hybridized carbons (Fsp3) is 0.500. The van der Waals surface area contributed by atoms with E-state index in [0.29, 0.717) is 0 Å². The van der Waals surface area contributed by atoms with Crippen molar-refractivity contribution in [2.24, 2.45) is 5.41 Å². The van der Waals surface area contributed by atoms with Gasteiger partial charge in [0.05, 0.1) is 12.0 Å². The second-order valence-electron chi connectivity index (χ2n) is 5.41. The molecule has 1 aliphatic rings. The van der Waals surface area contributed by atoms with Crippen LogP contribution in [0, 0.1) is 15.5 Å². The minimum atomic E-state index is -0.575. The highest BCUT2D eigenvalue weighted by Gasteiger charge is 2.37. The average Bonchev–Trinajstić information content (AvgIpc) is 3.14. The van der Waals surface area contributed by atoms with Gasteiger partial charge in [0.15, 0.2) is 12.4 Å². The molecule has 6 nitrogen and oxygen atoms in total. The molecule has 20 heavy (non-hydrogen) atoms. The van der Waals surface area contributed by atoms with Gasteiger partial charge in [-0.15, -0.1) is 0 Å². The van der Waals surface area contributed by atoms with Gasteiger partial charge in [-0.05, 0) is 36.3 Å². The summed E-state index contributed by atoms with van der Waals surface area (Å²) in [5.41, 5.74) is 1.08. The summed E-state index contributed by atoms with van der Waals surface area (Å²) in [6.45, 7) is 1.83. The Morgan fingerprint density at radius 1 is 1.45 bits per heavy atom. The van der Waals surface area contributed by atoms with Gasteiger partial charge in [-0.3, -0.25) is 10.1 Å². The Bertz CT molecular complexity index is 536. The quantitative estimate of drug-likeness (QED) is 0.454. The van der Waals surface area contributed by atoms with Gasteiger partial charge in [0.1, 0.15) is 0 Å². The van der Waals surface area contributed by atoms with Crippen molar-refractivity contribution >= 4 is 11.7 Å². The molecule has 1 saturated carbocycles. The van der Waals surface area contributed by atoms with Gasteiger partial charge in [-0.1, -0.05) is 13.0 Å². The van der Waals surface area contributed by atoms with E-state index < -0.39 is 10.9 Å². The standard InChI is InChI=1S/C14H17NO5/c1-14(5-6-14)8-10-3-4-12(11(7-10)15(17)18)20-9-13(16)19-2/h3-4,7H,5-6,8-9H2,1-2H3. The molecule has 0 radical (unpaired) electrons. The molecule has 0 aliphatic heterocycles. The number of benzene rings is 1. The predicted molar refractivity (Wildman–Crippen MR) is 71.7 cm³/mol. The van der Waals surface area contributed by atoms with E-state index in [2.05, 4.69) is 11.7 Å². The number of methoxy groups -OCH3 is 1.